The van der Waals surface area contributed by atoms with E-state index in [0.29, 0.717) is 43.5 Å². The molecule has 1 aliphatic heterocycles. The van der Waals surface area contributed by atoms with Crippen molar-refractivity contribution in [2.24, 2.45) is 0 Å². The molecule has 8 heteroatoms. The van der Waals surface area contributed by atoms with Crippen LogP contribution in [0.25, 0.3) is 11.3 Å². The summed E-state index contributed by atoms with van der Waals surface area (Å²) in [7, 11) is 1.63. The molecule has 32 heavy (non-hydrogen) atoms. The summed E-state index contributed by atoms with van der Waals surface area (Å²) in [6, 6.07) is 6.18. The summed E-state index contributed by atoms with van der Waals surface area (Å²) in [4.78, 5) is 33.2. The minimum absolute atomic E-state index is 0.0204. The quantitative estimate of drug-likeness (QED) is 0.743. The van der Waals surface area contributed by atoms with Crippen molar-refractivity contribution < 1.29 is 18.7 Å². The van der Waals surface area contributed by atoms with E-state index >= 15 is 0 Å². The van der Waals surface area contributed by atoms with Crippen molar-refractivity contribution in [2.75, 3.05) is 38.2 Å². The Balaban J connectivity index is 1.39. The van der Waals surface area contributed by atoms with Crippen molar-refractivity contribution in [1.29, 1.82) is 0 Å². The van der Waals surface area contributed by atoms with Crippen LogP contribution in [0.4, 0.5) is 5.69 Å². The van der Waals surface area contributed by atoms with E-state index in [1.165, 1.54) is 19.3 Å². The van der Waals surface area contributed by atoms with Gasteiger partial charge in [-0.15, -0.1) is 0 Å². The standard InChI is InChI=1S/C24H32N4O4/c1-17-25-15-22(32-17)20-9-8-19(14-21(20)31-2)27-11-10-24(30)28(13-12-27)16-23(29)26-18-6-4-3-5-7-18/h8-9,14-15,18H,3-7,10-13,16H2,1-2H3,(H,26,29). The number of nitrogens with zero attached hydrogens (tertiary/aromatic N) is 3. The Bertz CT molecular complexity index is 951. The van der Waals surface area contributed by atoms with Gasteiger partial charge in [-0.3, -0.25) is 9.59 Å². The normalized spacial score (nSPS) is 17.9. The Morgan fingerprint density at radius 1 is 1.22 bits per heavy atom. The SMILES string of the molecule is COc1cc(N2CCC(=O)N(CC(=O)NC3CCCCC3)CC2)ccc1-c1cnc(C)o1. The van der Waals surface area contributed by atoms with E-state index < -0.39 is 0 Å². The monoisotopic (exact) mass is 440 g/mol. The Morgan fingerprint density at radius 3 is 2.75 bits per heavy atom. The van der Waals surface area contributed by atoms with Crippen LogP contribution in [0.15, 0.2) is 28.8 Å². The minimum atomic E-state index is -0.0490. The van der Waals surface area contributed by atoms with Crippen LogP contribution in [-0.2, 0) is 9.59 Å². The van der Waals surface area contributed by atoms with Crippen molar-refractivity contribution >= 4 is 17.5 Å². The Morgan fingerprint density at radius 2 is 2.03 bits per heavy atom. The molecule has 1 saturated heterocycles. The van der Waals surface area contributed by atoms with Gasteiger partial charge in [-0.05, 0) is 25.0 Å². The zero-order chi connectivity index (χ0) is 22.5. The Hall–Kier alpha value is -3.03. The van der Waals surface area contributed by atoms with E-state index in [1.54, 1.807) is 25.1 Å². The number of hydrogen-bond acceptors (Lipinski definition) is 6. The zero-order valence-electron chi connectivity index (χ0n) is 18.9. The smallest absolute Gasteiger partial charge is 0.239 e. The average Bonchev–Trinajstić information content (AvgIpc) is 3.15. The van der Waals surface area contributed by atoms with E-state index in [9.17, 15) is 9.59 Å². The fraction of sp³-hybridized carbons (Fsp3) is 0.542. The topological polar surface area (TPSA) is 87.9 Å². The molecule has 2 heterocycles. The summed E-state index contributed by atoms with van der Waals surface area (Å²) < 4.78 is 11.2. The van der Waals surface area contributed by atoms with Gasteiger partial charge in [0.1, 0.15) is 5.75 Å². The Kier molecular flexibility index (Phi) is 6.97. The predicted octanol–water partition coefficient (Wildman–Crippen LogP) is 3.15. The fourth-order valence-electron chi connectivity index (χ4n) is 4.55. The fourth-order valence-corrected chi connectivity index (χ4v) is 4.55. The molecule has 2 amide bonds. The molecule has 2 aromatic rings. The number of anilines is 1. The van der Waals surface area contributed by atoms with Crippen LogP contribution in [0, 0.1) is 6.92 Å². The van der Waals surface area contributed by atoms with Gasteiger partial charge < -0.3 is 24.3 Å². The van der Waals surface area contributed by atoms with Gasteiger partial charge in [0.25, 0.3) is 0 Å². The minimum Gasteiger partial charge on any atom is -0.496 e. The van der Waals surface area contributed by atoms with Crippen LogP contribution >= 0.6 is 0 Å². The lowest BCUT2D eigenvalue weighted by molar-refractivity contribution is -0.135. The molecule has 0 spiro atoms. The molecule has 1 aliphatic carbocycles. The highest BCUT2D eigenvalue weighted by Crippen LogP contribution is 2.34. The van der Waals surface area contributed by atoms with Gasteiger partial charge in [0.15, 0.2) is 11.7 Å². The summed E-state index contributed by atoms with van der Waals surface area (Å²) in [5.41, 5.74) is 1.81. The second-order valence-corrected chi connectivity index (χ2v) is 8.58. The lowest BCUT2D eigenvalue weighted by atomic mass is 9.95. The van der Waals surface area contributed by atoms with E-state index in [1.807, 2.05) is 18.2 Å². The van der Waals surface area contributed by atoms with Crippen molar-refractivity contribution in [3.05, 3.63) is 30.3 Å². The zero-order valence-corrected chi connectivity index (χ0v) is 18.9. The molecule has 1 aromatic carbocycles. The molecule has 1 aromatic heterocycles. The highest BCUT2D eigenvalue weighted by atomic mass is 16.5. The molecule has 172 valence electrons. The average molecular weight is 441 g/mol. The largest absolute Gasteiger partial charge is 0.496 e. The third kappa shape index (κ3) is 5.23. The lowest BCUT2D eigenvalue weighted by Crippen LogP contribution is -2.45. The maximum absolute atomic E-state index is 12.7. The number of carbonyl (C=O) groups is 2. The van der Waals surface area contributed by atoms with Crippen molar-refractivity contribution in [3.63, 3.8) is 0 Å². The molecule has 1 N–H and O–H groups in total. The summed E-state index contributed by atoms with van der Waals surface area (Å²) in [5.74, 6) is 1.92. The van der Waals surface area contributed by atoms with Gasteiger partial charge in [-0.25, -0.2) is 4.98 Å². The number of amides is 2. The third-order valence-electron chi connectivity index (χ3n) is 6.33. The van der Waals surface area contributed by atoms with Crippen LogP contribution in [0.5, 0.6) is 5.75 Å². The molecular weight excluding hydrogens is 408 g/mol. The highest BCUT2D eigenvalue weighted by Gasteiger charge is 2.25. The van der Waals surface area contributed by atoms with E-state index in [4.69, 9.17) is 9.15 Å². The number of nitrogens with one attached hydrogen (secondary N) is 1. The number of aromatic nitrogens is 1. The van der Waals surface area contributed by atoms with E-state index in [-0.39, 0.29) is 24.4 Å². The third-order valence-corrected chi connectivity index (χ3v) is 6.33. The van der Waals surface area contributed by atoms with Crippen molar-refractivity contribution in [2.45, 2.75) is 51.5 Å². The lowest BCUT2D eigenvalue weighted by Gasteiger charge is -2.26. The summed E-state index contributed by atoms with van der Waals surface area (Å²) in [6.07, 6.45) is 7.73. The van der Waals surface area contributed by atoms with Gasteiger partial charge in [-0.2, -0.15) is 0 Å². The number of rotatable bonds is 6. The highest BCUT2D eigenvalue weighted by molar-refractivity contribution is 5.85. The first kappa shape index (κ1) is 22.2. The number of benzene rings is 1. The van der Waals surface area contributed by atoms with E-state index in [0.717, 1.165) is 24.1 Å². The number of methoxy groups -OCH3 is 1. The van der Waals surface area contributed by atoms with Gasteiger partial charge in [0, 0.05) is 50.8 Å². The number of oxazole rings is 1. The van der Waals surface area contributed by atoms with Crippen LogP contribution in [-0.4, -0.2) is 61.0 Å². The summed E-state index contributed by atoms with van der Waals surface area (Å²) in [5, 5.41) is 3.11. The molecular formula is C24H32N4O4. The van der Waals surface area contributed by atoms with Gasteiger partial charge >= 0.3 is 0 Å². The van der Waals surface area contributed by atoms with Crippen LogP contribution in [0.3, 0.4) is 0 Å². The summed E-state index contributed by atoms with van der Waals surface area (Å²) >= 11 is 0. The van der Waals surface area contributed by atoms with Gasteiger partial charge in [-0.1, -0.05) is 19.3 Å². The van der Waals surface area contributed by atoms with Crippen LogP contribution < -0.4 is 15.0 Å². The van der Waals surface area contributed by atoms with Crippen molar-refractivity contribution in [3.8, 4) is 17.1 Å². The molecule has 8 nitrogen and oxygen atoms in total. The first-order chi connectivity index (χ1) is 15.5. The Labute approximate surface area is 188 Å². The number of carbonyl (C=O) groups excluding carboxylic acids is 2. The molecule has 0 atom stereocenters. The molecule has 0 radical (unpaired) electrons. The molecule has 2 aliphatic rings. The molecule has 0 unspecified atom stereocenters. The first-order valence-corrected chi connectivity index (χ1v) is 11.5. The molecule has 0 bridgehead atoms. The molecule has 1 saturated carbocycles. The van der Waals surface area contributed by atoms with Gasteiger partial charge in [0.05, 0.1) is 25.4 Å². The second kappa shape index (κ2) is 10.1. The maximum Gasteiger partial charge on any atom is 0.239 e. The number of aryl methyl sites for hydroxylation is 1. The van der Waals surface area contributed by atoms with Crippen molar-refractivity contribution in [1.82, 2.24) is 15.2 Å². The molecule has 2 fully saturated rings. The van der Waals surface area contributed by atoms with E-state index in [2.05, 4.69) is 15.2 Å². The maximum atomic E-state index is 12.7. The predicted molar refractivity (Wildman–Crippen MR) is 122 cm³/mol. The van der Waals surface area contributed by atoms with Crippen LogP contribution in [0.1, 0.15) is 44.4 Å². The number of hydrogen-bond donors (Lipinski definition) is 1. The number of ether oxygens (including phenoxy) is 1. The van der Waals surface area contributed by atoms with Crippen LogP contribution in [0.2, 0.25) is 0 Å². The second-order valence-electron chi connectivity index (χ2n) is 8.58. The van der Waals surface area contributed by atoms with Gasteiger partial charge in [0.2, 0.25) is 11.8 Å². The molecule has 4 rings (SSSR count). The summed E-state index contributed by atoms with van der Waals surface area (Å²) in [6.45, 7) is 3.72. The first-order valence-electron chi connectivity index (χ1n) is 11.5.